The maximum Gasteiger partial charge on any atom is 0.253 e. The van der Waals surface area contributed by atoms with Crippen LogP contribution in [0.2, 0.25) is 0 Å². The van der Waals surface area contributed by atoms with Gasteiger partial charge in [0.15, 0.2) is 5.96 Å². The minimum absolute atomic E-state index is 0.391. The zero-order valence-corrected chi connectivity index (χ0v) is 12.6. The normalized spacial score (nSPS) is 10.7. The van der Waals surface area contributed by atoms with Crippen LogP contribution in [-0.2, 0) is 4.79 Å². The summed E-state index contributed by atoms with van der Waals surface area (Å²) in [6.45, 7) is 1.65. The second kappa shape index (κ2) is 7.05. The third-order valence-corrected chi connectivity index (χ3v) is 3.24. The summed E-state index contributed by atoms with van der Waals surface area (Å²) in [5, 5.41) is 18.4. The third kappa shape index (κ3) is 4.05. The Labute approximate surface area is 134 Å². The van der Waals surface area contributed by atoms with Gasteiger partial charge >= 0.3 is 0 Å². The Morgan fingerprint density at radius 2 is 2.00 bits per heavy atom. The molecule has 0 aromatic heterocycles. The molecule has 0 saturated carbocycles. The molecule has 5 nitrogen and oxygen atoms in total. The van der Waals surface area contributed by atoms with Crippen LogP contribution in [-0.4, -0.2) is 11.9 Å². The first-order chi connectivity index (χ1) is 11.0. The van der Waals surface area contributed by atoms with Crippen LogP contribution in [0.25, 0.3) is 17.2 Å². The molecular weight excluding hydrogens is 288 g/mol. The molecular formula is C18H16N4O. The highest BCUT2D eigenvalue weighted by Gasteiger charge is 2.08. The molecule has 2 aromatic carbocycles. The fourth-order valence-electron chi connectivity index (χ4n) is 2.16. The van der Waals surface area contributed by atoms with Gasteiger partial charge in [-0.15, -0.1) is 0 Å². The lowest BCUT2D eigenvalue weighted by atomic mass is 9.97. The summed E-state index contributed by atoms with van der Waals surface area (Å²) in [5.41, 5.74) is 8.84. The van der Waals surface area contributed by atoms with E-state index in [-0.39, 0.29) is 0 Å². The molecule has 0 aliphatic rings. The van der Waals surface area contributed by atoms with Crippen molar-refractivity contribution in [2.24, 2.45) is 5.73 Å². The number of rotatable bonds is 3. The number of nitrogens with zero attached hydrogens (tertiary/aromatic N) is 1. The van der Waals surface area contributed by atoms with Crippen molar-refractivity contribution in [3.8, 4) is 17.2 Å². The molecule has 2 aromatic rings. The smallest absolute Gasteiger partial charge is 0.253 e. The summed E-state index contributed by atoms with van der Waals surface area (Å²) < 4.78 is 0. The molecule has 1 amide bonds. The van der Waals surface area contributed by atoms with Crippen LogP contribution in [0.5, 0.6) is 0 Å². The average Bonchev–Trinajstić information content (AvgIpc) is 2.54. The van der Waals surface area contributed by atoms with Crippen LogP contribution in [0.3, 0.4) is 0 Å². The van der Waals surface area contributed by atoms with E-state index in [1.807, 2.05) is 36.4 Å². The molecule has 5 heteroatoms. The van der Waals surface area contributed by atoms with Crippen LogP contribution in [0.4, 0.5) is 0 Å². The van der Waals surface area contributed by atoms with Crippen molar-refractivity contribution in [3.05, 3.63) is 65.2 Å². The lowest BCUT2D eigenvalue weighted by Crippen LogP contribution is -2.36. The molecule has 114 valence electrons. The van der Waals surface area contributed by atoms with Gasteiger partial charge in [0.2, 0.25) is 0 Å². The van der Waals surface area contributed by atoms with Crippen LogP contribution in [0, 0.1) is 16.7 Å². The topological polar surface area (TPSA) is 103 Å². The number of nitriles is 1. The Hall–Kier alpha value is -3.39. The van der Waals surface area contributed by atoms with Crippen molar-refractivity contribution in [3.63, 3.8) is 0 Å². The van der Waals surface area contributed by atoms with Gasteiger partial charge in [-0.25, -0.2) is 0 Å². The molecule has 4 N–H and O–H groups in total. The number of guanidine groups is 1. The van der Waals surface area contributed by atoms with Crippen LogP contribution >= 0.6 is 0 Å². The first-order valence-corrected chi connectivity index (χ1v) is 6.94. The Bertz CT molecular complexity index is 831. The van der Waals surface area contributed by atoms with Crippen molar-refractivity contribution in [1.29, 1.82) is 10.7 Å². The second-order valence-electron chi connectivity index (χ2n) is 4.98. The number of hydrogen-bond donors (Lipinski definition) is 3. The van der Waals surface area contributed by atoms with Gasteiger partial charge in [-0.2, -0.15) is 5.26 Å². The number of nitrogens with two attached hydrogens (primary N) is 1. The first-order valence-electron chi connectivity index (χ1n) is 6.94. The minimum Gasteiger partial charge on any atom is -0.370 e. The predicted octanol–water partition coefficient (Wildman–Crippen LogP) is 2.64. The van der Waals surface area contributed by atoms with Gasteiger partial charge in [0.05, 0.1) is 11.6 Å². The Morgan fingerprint density at radius 1 is 1.26 bits per heavy atom. The van der Waals surface area contributed by atoms with E-state index in [0.29, 0.717) is 11.1 Å². The molecule has 0 aliphatic heterocycles. The summed E-state index contributed by atoms with van der Waals surface area (Å²) in [6.07, 6.45) is 1.73. The molecule has 0 spiro atoms. The van der Waals surface area contributed by atoms with Gasteiger partial charge in [-0.3, -0.25) is 15.5 Å². The summed E-state index contributed by atoms with van der Waals surface area (Å²) in [7, 11) is 0. The van der Waals surface area contributed by atoms with E-state index in [1.54, 1.807) is 25.1 Å². The molecule has 0 radical (unpaired) electrons. The summed E-state index contributed by atoms with van der Waals surface area (Å²) in [4.78, 5) is 11.9. The van der Waals surface area contributed by atoms with E-state index < -0.39 is 11.9 Å². The molecule has 0 saturated heterocycles. The van der Waals surface area contributed by atoms with Crippen molar-refractivity contribution in [2.75, 3.05) is 0 Å². The second-order valence-corrected chi connectivity index (χ2v) is 4.98. The maximum absolute atomic E-state index is 11.9. The third-order valence-electron chi connectivity index (χ3n) is 3.24. The lowest BCUT2D eigenvalue weighted by molar-refractivity contribution is -0.116. The Kier molecular flexibility index (Phi) is 4.90. The molecule has 0 atom stereocenters. The first kappa shape index (κ1) is 16.0. The molecule has 2 rings (SSSR count). The SMILES string of the molecule is C/C(=C\c1ccccc1-c1cccc(C#N)c1)C(=O)NC(=N)N. The predicted molar refractivity (Wildman–Crippen MR) is 90.3 cm³/mol. The zero-order chi connectivity index (χ0) is 16.8. The zero-order valence-electron chi connectivity index (χ0n) is 12.6. The van der Waals surface area contributed by atoms with Crippen molar-refractivity contribution < 1.29 is 4.79 Å². The van der Waals surface area contributed by atoms with E-state index in [4.69, 9.17) is 16.4 Å². The highest BCUT2D eigenvalue weighted by molar-refractivity contribution is 6.06. The highest BCUT2D eigenvalue weighted by atomic mass is 16.1. The fraction of sp³-hybridized carbons (Fsp3) is 0.0556. The monoisotopic (exact) mass is 304 g/mol. The highest BCUT2D eigenvalue weighted by Crippen LogP contribution is 2.26. The summed E-state index contributed by atoms with van der Waals surface area (Å²) in [5.74, 6) is -0.809. The number of carbonyl (C=O) groups is 1. The number of hydrogen-bond acceptors (Lipinski definition) is 3. The van der Waals surface area contributed by atoms with E-state index in [9.17, 15) is 4.79 Å². The van der Waals surface area contributed by atoms with Gasteiger partial charge in [0.1, 0.15) is 0 Å². The van der Waals surface area contributed by atoms with Crippen LogP contribution < -0.4 is 11.1 Å². The van der Waals surface area contributed by atoms with E-state index in [1.165, 1.54) is 0 Å². The van der Waals surface area contributed by atoms with E-state index in [2.05, 4.69) is 11.4 Å². The minimum atomic E-state index is -0.418. The van der Waals surface area contributed by atoms with Gasteiger partial charge < -0.3 is 5.73 Å². The molecule has 0 bridgehead atoms. The molecule has 0 aliphatic carbocycles. The van der Waals surface area contributed by atoms with Crippen molar-refractivity contribution in [1.82, 2.24) is 5.32 Å². The van der Waals surface area contributed by atoms with Crippen molar-refractivity contribution >= 4 is 17.9 Å². The van der Waals surface area contributed by atoms with Gasteiger partial charge in [-0.05, 0) is 41.8 Å². The number of benzene rings is 2. The van der Waals surface area contributed by atoms with Crippen LogP contribution in [0.1, 0.15) is 18.1 Å². The molecule has 0 heterocycles. The molecule has 23 heavy (non-hydrogen) atoms. The van der Waals surface area contributed by atoms with Gasteiger partial charge in [-0.1, -0.05) is 36.4 Å². The van der Waals surface area contributed by atoms with Crippen LogP contribution in [0.15, 0.2) is 54.1 Å². The van der Waals surface area contributed by atoms with Gasteiger partial charge in [0.25, 0.3) is 5.91 Å². The summed E-state index contributed by atoms with van der Waals surface area (Å²) >= 11 is 0. The van der Waals surface area contributed by atoms with E-state index >= 15 is 0 Å². The summed E-state index contributed by atoms with van der Waals surface area (Å²) in [6, 6.07) is 17.0. The Balaban J connectivity index is 2.43. The quantitative estimate of drug-likeness (QED) is 0.461. The standard InChI is InChI=1S/C18H16N4O/c1-12(17(23)22-18(20)21)9-14-6-2-3-8-16(14)15-7-4-5-13(10-15)11-19/h2-10H,1H3,(H4,20,21,22,23)/b12-9+. The largest absolute Gasteiger partial charge is 0.370 e. The number of nitrogens with one attached hydrogen (secondary N) is 2. The Morgan fingerprint density at radius 3 is 2.70 bits per heavy atom. The fourth-order valence-corrected chi connectivity index (χ4v) is 2.16. The van der Waals surface area contributed by atoms with Gasteiger partial charge in [0, 0.05) is 5.57 Å². The van der Waals surface area contributed by atoms with E-state index in [0.717, 1.165) is 16.7 Å². The maximum atomic E-state index is 11.9. The molecule has 0 fully saturated rings. The molecule has 0 unspecified atom stereocenters. The number of amides is 1. The average molecular weight is 304 g/mol. The lowest BCUT2D eigenvalue weighted by Gasteiger charge is -2.08. The van der Waals surface area contributed by atoms with Crippen molar-refractivity contribution in [2.45, 2.75) is 6.92 Å². The number of carbonyl (C=O) groups excluding carboxylic acids is 1.